The third-order valence-electron chi connectivity index (χ3n) is 5.73. The third-order valence-corrected chi connectivity index (χ3v) is 5.73. The first-order valence-electron chi connectivity index (χ1n) is 9.73. The first-order chi connectivity index (χ1) is 14.6. The largest absolute Gasteiger partial charge is 0.504 e. The van der Waals surface area contributed by atoms with Gasteiger partial charge in [0, 0.05) is 5.69 Å². The monoisotopic (exact) mass is 427 g/mol. The van der Waals surface area contributed by atoms with Gasteiger partial charge in [-0.05, 0) is 66.3 Å². The zero-order valence-electron chi connectivity index (χ0n) is 16.6. The van der Waals surface area contributed by atoms with Crippen molar-refractivity contribution in [2.75, 3.05) is 5.32 Å². The number of hydrogen-bond acceptors (Lipinski definition) is 3. The van der Waals surface area contributed by atoms with Crippen LogP contribution in [0.2, 0.25) is 0 Å². The molecular formula is C24H20F3NO3. The summed E-state index contributed by atoms with van der Waals surface area (Å²) in [7, 11) is 0. The van der Waals surface area contributed by atoms with Crippen LogP contribution in [0.5, 0.6) is 11.5 Å². The number of carbonyl (C=O) groups is 1. The Hall–Kier alpha value is -3.48. The number of phenols is 2. The van der Waals surface area contributed by atoms with E-state index in [1.54, 1.807) is 31.2 Å². The van der Waals surface area contributed by atoms with Gasteiger partial charge in [0.15, 0.2) is 11.5 Å². The number of hydrogen-bond donors (Lipinski definition) is 3. The minimum absolute atomic E-state index is 0.0453. The second kappa shape index (κ2) is 7.34. The molecule has 0 unspecified atom stereocenters. The van der Waals surface area contributed by atoms with Gasteiger partial charge < -0.3 is 15.5 Å². The molecule has 3 N–H and O–H groups in total. The summed E-state index contributed by atoms with van der Waals surface area (Å²) in [6.07, 6.45) is -3.61. The fraction of sp³-hybridized carbons (Fsp3) is 0.208. The fourth-order valence-electron chi connectivity index (χ4n) is 3.81. The molecule has 1 aliphatic carbocycles. The molecule has 3 aromatic carbocycles. The summed E-state index contributed by atoms with van der Waals surface area (Å²) in [5.74, 6) is -1.10. The first kappa shape index (κ1) is 20.8. The Labute approximate surface area is 177 Å². The maximum atomic E-state index is 13.8. The zero-order chi connectivity index (χ0) is 22.4. The summed E-state index contributed by atoms with van der Waals surface area (Å²) in [6, 6.07) is 14.7. The molecule has 0 heterocycles. The number of anilines is 1. The van der Waals surface area contributed by atoms with Crippen LogP contribution in [0.4, 0.5) is 18.9 Å². The van der Waals surface area contributed by atoms with Crippen molar-refractivity contribution in [1.29, 1.82) is 0 Å². The van der Waals surface area contributed by atoms with Crippen LogP contribution in [-0.4, -0.2) is 16.1 Å². The van der Waals surface area contributed by atoms with E-state index < -0.39 is 23.1 Å². The van der Waals surface area contributed by atoms with Gasteiger partial charge in [-0.15, -0.1) is 0 Å². The van der Waals surface area contributed by atoms with E-state index in [0.717, 1.165) is 6.07 Å². The molecule has 4 nitrogen and oxygen atoms in total. The number of halogens is 3. The number of aryl methyl sites for hydroxylation is 1. The van der Waals surface area contributed by atoms with Crippen molar-refractivity contribution >= 4 is 11.6 Å². The average Bonchev–Trinajstić information content (AvgIpc) is 3.52. The van der Waals surface area contributed by atoms with Gasteiger partial charge in [-0.3, -0.25) is 4.79 Å². The highest BCUT2D eigenvalue weighted by Gasteiger charge is 2.51. The van der Waals surface area contributed by atoms with Gasteiger partial charge in [0.25, 0.3) is 0 Å². The lowest BCUT2D eigenvalue weighted by molar-refractivity contribution is -0.137. The number of phenolic OH excluding ortho intramolecular Hbond substituents is 2. The minimum Gasteiger partial charge on any atom is -0.504 e. The van der Waals surface area contributed by atoms with Crippen molar-refractivity contribution in [3.05, 3.63) is 77.4 Å². The molecule has 0 bridgehead atoms. The second-order valence-corrected chi connectivity index (χ2v) is 7.81. The molecule has 4 rings (SSSR count). The van der Waals surface area contributed by atoms with E-state index in [2.05, 4.69) is 5.32 Å². The predicted octanol–water partition coefficient (Wildman–Crippen LogP) is 5.76. The quantitative estimate of drug-likeness (QED) is 0.464. The van der Waals surface area contributed by atoms with Crippen LogP contribution in [0.3, 0.4) is 0 Å². The van der Waals surface area contributed by atoms with E-state index in [9.17, 15) is 28.2 Å². The average molecular weight is 427 g/mol. The fourth-order valence-corrected chi connectivity index (χ4v) is 3.81. The van der Waals surface area contributed by atoms with Gasteiger partial charge >= 0.3 is 6.18 Å². The Balaban J connectivity index is 1.67. The molecule has 0 aromatic heterocycles. The SMILES string of the molecule is Cc1ccccc1-c1ccc(NC(=O)C2(c3ccc(O)c(O)c3)CC2)cc1C(F)(F)F. The number of alkyl halides is 3. The van der Waals surface area contributed by atoms with Gasteiger partial charge in [0.05, 0.1) is 11.0 Å². The Bertz CT molecular complexity index is 1170. The van der Waals surface area contributed by atoms with Crippen molar-refractivity contribution in [1.82, 2.24) is 0 Å². The Morgan fingerprint density at radius 1 is 0.935 bits per heavy atom. The Morgan fingerprint density at radius 2 is 1.65 bits per heavy atom. The number of rotatable bonds is 4. The smallest absolute Gasteiger partial charge is 0.417 e. The van der Waals surface area contributed by atoms with Crippen molar-refractivity contribution < 1.29 is 28.2 Å². The molecule has 0 radical (unpaired) electrons. The highest BCUT2D eigenvalue weighted by Crippen LogP contribution is 2.50. The Morgan fingerprint density at radius 3 is 2.26 bits per heavy atom. The summed E-state index contributed by atoms with van der Waals surface area (Å²) < 4.78 is 41.4. The van der Waals surface area contributed by atoms with Gasteiger partial charge in [-0.2, -0.15) is 13.2 Å². The summed E-state index contributed by atoms with van der Waals surface area (Å²) in [6.45, 7) is 1.75. The van der Waals surface area contributed by atoms with E-state index in [-0.39, 0.29) is 22.7 Å². The van der Waals surface area contributed by atoms with E-state index >= 15 is 0 Å². The van der Waals surface area contributed by atoms with Crippen LogP contribution >= 0.6 is 0 Å². The zero-order valence-corrected chi connectivity index (χ0v) is 16.6. The molecule has 7 heteroatoms. The molecule has 0 spiro atoms. The first-order valence-corrected chi connectivity index (χ1v) is 9.73. The Kier molecular flexibility index (Phi) is 4.92. The van der Waals surface area contributed by atoms with Crippen molar-refractivity contribution in [2.45, 2.75) is 31.4 Å². The van der Waals surface area contributed by atoms with Crippen LogP contribution < -0.4 is 5.32 Å². The maximum absolute atomic E-state index is 13.8. The van der Waals surface area contributed by atoms with Crippen molar-refractivity contribution in [2.24, 2.45) is 0 Å². The molecular weight excluding hydrogens is 407 g/mol. The molecule has 0 aliphatic heterocycles. The molecule has 160 valence electrons. The predicted molar refractivity (Wildman–Crippen MR) is 111 cm³/mol. The van der Waals surface area contributed by atoms with Gasteiger partial charge in [0.2, 0.25) is 5.91 Å². The summed E-state index contributed by atoms with van der Waals surface area (Å²) in [5, 5.41) is 21.8. The van der Waals surface area contributed by atoms with E-state index in [4.69, 9.17) is 0 Å². The molecule has 1 amide bonds. The maximum Gasteiger partial charge on any atom is 0.417 e. The van der Waals surface area contributed by atoms with Crippen molar-refractivity contribution in [3.63, 3.8) is 0 Å². The van der Waals surface area contributed by atoms with Gasteiger partial charge in [-0.25, -0.2) is 0 Å². The number of nitrogens with one attached hydrogen (secondary N) is 1. The molecule has 1 aliphatic rings. The van der Waals surface area contributed by atoms with Crippen molar-refractivity contribution in [3.8, 4) is 22.6 Å². The molecule has 3 aromatic rings. The summed E-state index contributed by atoms with van der Waals surface area (Å²) >= 11 is 0. The van der Waals surface area contributed by atoms with Crippen LogP contribution in [0, 0.1) is 6.92 Å². The molecule has 0 saturated heterocycles. The molecule has 0 atom stereocenters. The number of aromatic hydroxyl groups is 2. The highest BCUT2D eigenvalue weighted by molar-refractivity contribution is 6.01. The second-order valence-electron chi connectivity index (χ2n) is 7.81. The number of amides is 1. The standard InChI is InChI=1S/C24H20F3NO3/c1-14-4-2-3-5-17(14)18-8-7-16(13-19(18)24(25,26)27)28-22(31)23(10-11-23)15-6-9-20(29)21(30)12-15/h2-9,12-13,29-30H,10-11H2,1H3,(H,28,31). The van der Waals surface area contributed by atoms with Gasteiger partial charge in [-0.1, -0.05) is 36.4 Å². The van der Waals surface area contributed by atoms with E-state index in [1.807, 2.05) is 0 Å². The minimum atomic E-state index is -4.60. The highest BCUT2D eigenvalue weighted by atomic mass is 19.4. The van der Waals surface area contributed by atoms with E-state index in [1.165, 1.54) is 30.3 Å². The third kappa shape index (κ3) is 3.83. The lowest BCUT2D eigenvalue weighted by Gasteiger charge is -2.19. The van der Waals surface area contributed by atoms with Crippen LogP contribution in [-0.2, 0) is 16.4 Å². The van der Waals surface area contributed by atoms with Crippen LogP contribution in [0.25, 0.3) is 11.1 Å². The molecule has 1 fully saturated rings. The topological polar surface area (TPSA) is 69.6 Å². The van der Waals surface area contributed by atoms with E-state index in [0.29, 0.717) is 29.5 Å². The number of benzene rings is 3. The van der Waals surface area contributed by atoms with Gasteiger partial charge in [0.1, 0.15) is 0 Å². The van der Waals surface area contributed by atoms with Crippen LogP contribution in [0.1, 0.15) is 29.5 Å². The molecule has 1 saturated carbocycles. The molecule has 31 heavy (non-hydrogen) atoms. The summed E-state index contributed by atoms with van der Waals surface area (Å²) in [4.78, 5) is 12.9. The van der Waals surface area contributed by atoms with Crippen LogP contribution in [0.15, 0.2) is 60.7 Å². The lowest BCUT2D eigenvalue weighted by Crippen LogP contribution is -2.28. The normalized spacial score (nSPS) is 14.8. The number of carbonyl (C=O) groups excluding carboxylic acids is 1. The summed E-state index contributed by atoms with van der Waals surface area (Å²) in [5.41, 5.74) is 0.0367. The lowest BCUT2D eigenvalue weighted by atomic mass is 9.93.